The Morgan fingerprint density at radius 3 is 2.79 bits per heavy atom. The van der Waals surface area contributed by atoms with Gasteiger partial charge in [-0.2, -0.15) is 9.78 Å². The fraction of sp³-hybridized carbons (Fsp3) is 0.0556. The van der Waals surface area contributed by atoms with Crippen molar-refractivity contribution in [1.82, 2.24) is 9.66 Å². The molecule has 3 heterocycles. The second-order valence-electron chi connectivity index (χ2n) is 5.24. The van der Waals surface area contributed by atoms with E-state index in [1.54, 1.807) is 25.5 Å². The minimum absolute atomic E-state index is 0.197. The molecule has 0 aliphatic rings. The predicted octanol–water partition coefficient (Wildman–Crippen LogP) is 3.91. The first-order valence-electron chi connectivity index (χ1n) is 7.38. The van der Waals surface area contributed by atoms with Crippen LogP contribution in [-0.2, 0) is 0 Å². The van der Waals surface area contributed by atoms with Crippen molar-refractivity contribution in [3.05, 3.63) is 75.8 Å². The minimum atomic E-state index is -0.197. The van der Waals surface area contributed by atoms with Crippen LogP contribution in [0.15, 0.2) is 68.4 Å². The molecule has 0 aliphatic heterocycles. The van der Waals surface area contributed by atoms with Gasteiger partial charge in [-0.1, -0.05) is 30.3 Å². The molecule has 5 nitrogen and oxygen atoms in total. The van der Waals surface area contributed by atoms with Crippen molar-refractivity contribution < 1.29 is 4.42 Å². The van der Waals surface area contributed by atoms with Crippen molar-refractivity contribution in [2.24, 2.45) is 5.10 Å². The Balaban J connectivity index is 1.89. The largest absolute Gasteiger partial charge is 0.464 e. The maximum atomic E-state index is 12.9. The summed E-state index contributed by atoms with van der Waals surface area (Å²) in [5.41, 5.74) is 1.47. The summed E-state index contributed by atoms with van der Waals surface area (Å²) in [4.78, 5) is 18.1. The van der Waals surface area contributed by atoms with Crippen molar-refractivity contribution in [2.75, 3.05) is 0 Å². The average molecular weight is 335 g/mol. The monoisotopic (exact) mass is 335 g/mol. The van der Waals surface area contributed by atoms with Gasteiger partial charge in [0.15, 0.2) is 0 Å². The number of nitrogens with zero attached hydrogens (tertiary/aromatic N) is 3. The average Bonchev–Trinajstić information content (AvgIpc) is 3.24. The first-order valence-corrected chi connectivity index (χ1v) is 8.26. The van der Waals surface area contributed by atoms with Crippen molar-refractivity contribution in [3.63, 3.8) is 0 Å². The summed E-state index contributed by atoms with van der Waals surface area (Å²) >= 11 is 1.43. The molecule has 4 aromatic rings. The predicted molar refractivity (Wildman–Crippen MR) is 95.8 cm³/mol. The minimum Gasteiger partial charge on any atom is -0.464 e. The first kappa shape index (κ1) is 14.6. The van der Waals surface area contributed by atoms with Crippen LogP contribution in [0.25, 0.3) is 21.5 Å². The van der Waals surface area contributed by atoms with Gasteiger partial charge in [-0.15, -0.1) is 11.3 Å². The molecular weight excluding hydrogens is 322 g/mol. The van der Waals surface area contributed by atoms with E-state index in [9.17, 15) is 4.79 Å². The highest BCUT2D eigenvalue weighted by atomic mass is 32.1. The number of benzene rings is 1. The van der Waals surface area contributed by atoms with Crippen LogP contribution >= 0.6 is 11.3 Å². The lowest BCUT2D eigenvalue weighted by molar-refractivity contribution is 0.583. The van der Waals surface area contributed by atoms with E-state index in [2.05, 4.69) is 10.1 Å². The van der Waals surface area contributed by atoms with Crippen LogP contribution in [0.5, 0.6) is 0 Å². The van der Waals surface area contributed by atoms with E-state index >= 15 is 0 Å². The lowest BCUT2D eigenvalue weighted by Crippen LogP contribution is -2.20. The van der Waals surface area contributed by atoms with E-state index in [0.717, 1.165) is 11.1 Å². The zero-order valence-corrected chi connectivity index (χ0v) is 13.7. The third kappa shape index (κ3) is 2.47. The van der Waals surface area contributed by atoms with Crippen LogP contribution < -0.4 is 5.56 Å². The molecule has 0 saturated carbocycles. The Morgan fingerprint density at radius 1 is 1.21 bits per heavy atom. The van der Waals surface area contributed by atoms with Gasteiger partial charge in [-0.25, -0.2) is 4.98 Å². The summed E-state index contributed by atoms with van der Waals surface area (Å²) in [6.45, 7) is 1.77. The summed E-state index contributed by atoms with van der Waals surface area (Å²) in [5.74, 6) is 1.20. The number of aryl methyl sites for hydroxylation is 1. The molecule has 0 radical (unpaired) electrons. The second kappa shape index (κ2) is 5.90. The molecule has 4 rings (SSSR count). The quantitative estimate of drug-likeness (QED) is 0.533. The standard InChI is InChI=1S/C18H13N3O2S/c1-12-20-17-16(14(11-24-17)15-8-5-9-23-15)18(22)21(12)19-10-13-6-3-2-4-7-13/h2-11H,1H3/b19-10+. The fourth-order valence-electron chi connectivity index (χ4n) is 2.50. The Kier molecular flexibility index (Phi) is 3.59. The zero-order valence-electron chi connectivity index (χ0n) is 12.8. The highest BCUT2D eigenvalue weighted by Gasteiger charge is 2.16. The van der Waals surface area contributed by atoms with Gasteiger partial charge in [0.2, 0.25) is 0 Å². The van der Waals surface area contributed by atoms with Crippen LogP contribution in [0.3, 0.4) is 0 Å². The smallest absolute Gasteiger partial charge is 0.283 e. The van der Waals surface area contributed by atoms with Crippen LogP contribution in [0.4, 0.5) is 0 Å². The summed E-state index contributed by atoms with van der Waals surface area (Å²) < 4.78 is 6.76. The molecule has 6 heteroatoms. The lowest BCUT2D eigenvalue weighted by atomic mass is 10.2. The molecule has 3 aromatic heterocycles. The van der Waals surface area contributed by atoms with Gasteiger partial charge in [0.1, 0.15) is 16.4 Å². The third-order valence-electron chi connectivity index (χ3n) is 3.66. The molecule has 0 unspecified atom stereocenters. The topological polar surface area (TPSA) is 60.4 Å². The third-order valence-corrected chi connectivity index (χ3v) is 4.53. The molecule has 1 aromatic carbocycles. The molecule has 0 fully saturated rings. The number of fused-ring (bicyclic) bond motifs is 1. The van der Waals surface area contributed by atoms with E-state index < -0.39 is 0 Å². The van der Waals surface area contributed by atoms with E-state index in [1.165, 1.54) is 16.0 Å². The maximum Gasteiger partial charge on any atom is 0.283 e. The lowest BCUT2D eigenvalue weighted by Gasteiger charge is -2.03. The molecular formula is C18H13N3O2S. The number of aromatic nitrogens is 2. The van der Waals surface area contributed by atoms with Gasteiger partial charge in [-0.3, -0.25) is 4.79 Å². The van der Waals surface area contributed by atoms with Gasteiger partial charge in [-0.05, 0) is 24.6 Å². The van der Waals surface area contributed by atoms with Crippen molar-refractivity contribution >= 4 is 27.8 Å². The van der Waals surface area contributed by atoms with Gasteiger partial charge in [0.05, 0.1) is 17.9 Å². The van der Waals surface area contributed by atoms with E-state index in [0.29, 0.717) is 21.8 Å². The molecule has 24 heavy (non-hydrogen) atoms. The Bertz CT molecular complexity index is 1080. The number of thiophene rings is 1. The van der Waals surface area contributed by atoms with Crippen LogP contribution in [0.2, 0.25) is 0 Å². The van der Waals surface area contributed by atoms with Crippen LogP contribution in [0, 0.1) is 6.92 Å². The SMILES string of the molecule is Cc1nc2scc(-c3ccco3)c2c(=O)n1/N=C/c1ccccc1. The molecule has 0 amide bonds. The number of hydrogen-bond acceptors (Lipinski definition) is 5. The zero-order chi connectivity index (χ0) is 16.5. The Labute approximate surface area is 141 Å². The Morgan fingerprint density at radius 2 is 2.04 bits per heavy atom. The van der Waals surface area contributed by atoms with Gasteiger partial charge in [0, 0.05) is 10.9 Å². The second-order valence-corrected chi connectivity index (χ2v) is 6.10. The molecule has 118 valence electrons. The van der Waals surface area contributed by atoms with Crippen molar-refractivity contribution in [3.8, 4) is 11.3 Å². The number of rotatable bonds is 3. The van der Waals surface area contributed by atoms with Gasteiger partial charge < -0.3 is 4.42 Å². The Hall–Kier alpha value is -2.99. The molecule has 0 atom stereocenters. The first-order chi connectivity index (χ1) is 11.7. The highest BCUT2D eigenvalue weighted by molar-refractivity contribution is 7.17. The van der Waals surface area contributed by atoms with Crippen LogP contribution in [-0.4, -0.2) is 15.9 Å². The fourth-order valence-corrected chi connectivity index (χ4v) is 3.46. The number of furan rings is 1. The van der Waals surface area contributed by atoms with Crippen molar-refractivity contribution in [1.29, 1.82) is 0 Å². The molecule has 0 aliphatic carbocycles. The van der Waals surface area contributed by atoms with E-state index in [1.807, 2.05) is 41.8 Å². The van der Waals surface area contributed by atoms with E-state index in [4.69, 9.17) is 4.42 Å². The van der Waals surface area contributed by atoms with Crippen LogP contribution in [0.1, 0.15) is 11.4 Å². The molecule has 0 bridgehead atoms. The summed E-state index contributed by atoms with van der Waals surface area (Å²) in [6, 6.07) is 13.3. The molecule has 0 saturated heterocycles. The van der Waals surface area contributed by atoms with Gasteiger partial charge in [0.25, 0.3) is 5.56 Å². The van der Waals surface area contributed by atoms with Gasteiger partial charge >= 0.3 is 0 Å². The molecule has 0 N–H and O–H groups in total. The summed E-state index contributed by atoms with van der Waals surface area (Å²) in [5, 5.41) is 6.74. The summed E-state index contributed by atoms with van der Waals surface area (Å²) in [6.07, 6.45) is 3.24. The normalized spacial score (nSPS) is 11.5. The molecule has 0 spiro atoms. The maximum absolute atomic E-state index is 12.9. The number of hydrogen-bond donors (Lipinski definition) is 0. The summed E-state index contributed by atoms with van der Waals surface area (Å²) in [7, 11) is 0. The van der Waals surface area contributed by atoms with E-state index in [-0.39, 0.29) is 5.56 Å². The van der Waals surface area contributed by atoms with Crippen molar-refractivity contribution in [2.45, 2.75) is 6.92 Å². The highest BCUT2D eigenvalue weighted by Crippen LogP contribution is 2.31.